The van der Waals surface area contributed by atoms with E-state index >= 15 is 0 Å². The van der Waals surface area contributed by atoms with E-state index < -0.39 is 15.1 Å². The first-order chi connectivity index (χ1) is 10.6. The van der Waals surface area contributed by atoms with Gasteiger partial charge in [0.2, 0.25) is 0 Å². The summed E-state index contributed by atoms with van der Waals surface area (Å²) in [5, 5.41) is 0. The van der Waals surface area contributed by atoms with Gasteiger partial charge in [0.1, 0.15) is 4.90 Å². The normalized spacial score (nSPS) is 15.0. The molecule has 0 aliphatic carbocycles. The molecule has 0 nitrogen and oxygen atoms in total. The van der Waals surface area contributed by atoms with E-state index in [1.165, 1.54) is 0 Å². The van der Waals surface area contributed by atoms with Gasteiger partial charge in [-0.25, -0.2) is 0 Å². The fourth-order valence-corrected chi connectivity index (χ4v) is 2.64. The van der Waals surface area contributed by atoms with Gasteiger partial charge in [-0.05, 0) is 47.4 Å². The van der Waals surface area contributed by atoms with Crippen LogP contribution in [0.25, 0.3) is 0 Å². The number of benzene rings is 2. The molecule has 0 spiro atoms. The number of hydrogen-bond acceptors (Lipinski definition) is 0. The zero-order valence-electron chi connectivity index (χ0n) is 13.4. The van der Waals surface area contributed by atoms with Gasteiger partial charge in [-0.2, -0.15) is 0 Å². The van der Waals surface area contributed by atoms with E-state index in [1.54, 1.807) is 0 Å². The summed E-state index contributed by atoms with van der Waals surface area (Å²) in [5.41, 5.74) is 2.07. The topological polar surface area (TPSA) is 0 Å². The summed E-state index contributed by atoms with van der Waals surface area (Å²) in [4.78, 5) is -1.91. The van der Waals surface area contributed by atoms with Gasteiger partial charge in [-0.1, -0.05) is 64.2 Å². The van der Waals surface area contributed by atoms with Crippen LogP contribution in [-0.2, 0) is 5.41 Å². The molecule has 0 saturated heterocycles. The van der Waals surface area contributed by atoms with Gasteiger partial charge in [0.25, 0.3) is 0 Å². The molecule has 2 rings (SSSR count). The van der Waals surface area contributed by atoms with Crippen molar-refractivity contribution in [3.63, 3.8) is 0 Å². The van der Waals surface area contributed by atoms with E-state index in [4.69, 9.17) is 0 Å². The predicted octanol–water partition coefficient (Wildman–Crippen LogP) is 7.04. The van der Waals surface area contributed by atoms with Crippen molar-refractivity contribution < 1.29 is 19.4 Å². The van der Waals surface area contributed by atoms with Crippen molar-refractivity contribution in [3.05, 3.63) is 65.2 Å². The van der Waals surface area contributed by atoms with E-state index in [1.807, 2.05) is 24.3 Å². The zero-order chi connectivity index (χ0) is 18.3. The Kier molecular flexibility index (Phi) is 3.82. The Balaban J connectivity index is 2.24. The predicted molar refractivity (Wildman–Crippen MR) is 89.0 cm³/mol. The minimum atomic E-state index is -9.62. The maximum atomic E-state index is 12.6. The number of halogens is 5. The van der Waals surface area contributed by atoms with Crippen molar-refractivity contribution in [2.24, 2.45) is 0 Å². The van der Waals surface area contributed by atoms with E-state index in [0.29, 0.717) is 17.7 Å². The van der Waals surface area contributed by atoms with Gasteiger partial charge in [-0.15, -0.1) is 0 Å². The first-order valence-corrected chi connectivity index (χ1v) is 9.07. The van der Waals surface area contributed by atoms with E-state index in [-0.39, 0.29) is 11.0 Å². The zero-order valence-corrected chi connectivity index (χ0v) is 14.2. The van der Waals surface area contributed by atoms with E-state index in [0.717, 1.165) is 17.7 Å². The minimum Gasteiger partial charge on any atom is -0.0936 e. The van der Waals surface area contributed by atoms with Crippen molar-refractivity contribution in [1.82, 2.24) is 0 Å². The van der Waals surface area contributed by atoms with Crippen molar-refractivity contribution >= 4 is 10.2 Å². The molecule has 0 heterocycles. The molecule has 0 atom stereocenters. The summed E-state index contributed by atoms with van der Waals surface area (Å²) in [5.74, 6) is 5.48. The second-order valence-electron chi connectivity index (χ2n) is 6.57. The summed E-state index contributed by atoms with van der Waals surface area (Å²) in [7, 11) is -9.62. The molecule has 0 N–H and O–H groups in total. The molecule has 2 aromatic carbocycles. The summed E-state index contributed by atoms with van der Waals surface area (Å²) >= 11 is 0. The average molecular weight is 360 g/mol. The minimum absolute atomic E-state index is 0.00728. The molecule has 0 radical (unpaired) electrons. The lowest BCUT2D eigenvalue weighted by atomic mass is 9.87. The van der Waals surface area contributed by atoms with Crippen LogP contribution in [0.5, 0.6) is 0 Å². The fraction of sp³-hybridized carbons (Fsp3) is 0.222. The van der Waals surface area contributed by atoms with Crippen LogP contribution in [0.2, 0.25) is 0 Å². The molecule has 0 unspecified atom stereocenters. The second kappa shape index (κ2) is 5.00. The molecule has 0 aliphatic rings. The molecule has 2 aromatic rings. The van der Waals surface area contributed by atoms with Crippen molar-refractivity contribution in [2.75, 3.05) is 0 Å². The third-order valence-corrected chi connectivity index (χ3v) is 4.56. The van der Waals surface area contributed by atoms with Gasteiger partial charge >= 0.3 is 10.2 Å². The molecule has 0 fully saturated rings. The van der Waals surface area contributed by atoms with Crippen LogP contribution in [0.3, 0.4) is 0 Å². The summed E-state index contributed by atoms with van der Waals surface area (Å²) in [6, 6.07) is 10.1. The average Bonchev–Trinajstić information content (AvgIpc) is 2.43. The standard InChI is InChI=1S/C18H17F5S/c1-18(2,3)16-10-6-14(7-11-16)4-5-15-8-12-17(13-9-15)24(19,20,21,22)23/h6-13H,1-3H3. The van der Waals surface area contributed by atoms with Crippen LogP contribution >= 0.6 is 10.2 Å². The molecule has 6 heteroatoms. The fourth-order valence-electron chi connectivity index (χ4n) is 1.99. The molecular formula is C18H17F5S. The Morgan fingerprint density at radius 3 is 1.38 bits per heavy atom. The van der Waals surface area contributed by atoms with E-state index in [9.17, 15) is 19.4 Å². The maximum absolute atomic E-state index is 12.6. The van der Waals surface area contributed by atoms with Gasteiger partial charge in [0, 0.05) is 11.1 Å². The smallest absolute Gasteiger partial charge is 0.0936 e. The Morgan fingerprint density at radius 2 is 1.04 bits per heavy atom. The summed E-state index contributed by atoms with van der Waals surface area (Å²) in [6.07, 6.45) is 0. The lowest BCUT2D eigenvalue weighted by Crippen LogP contribution is -2.10. The third kappa shape index (κ3) is 4.75. The summed E-state index contributed by atoms with van der Waals surface area (Å²) < 4.78 is 63.1. The SMILES string of the molecule is CC(C)(C)c1ccc(C#Cc2ccc(S(F)(F)(F)(F)F)cc2)cc1. The highest BCUT2D eigenvalue weighted by atomic mass is 32.5. The molecule has 0 aliphatic heterocycles. The van der Waals surface area contributed by atoms with Crippen molar-refractivity contribution in [1.29, 1.82) is 0 Å². The maximum Gasteiger partial charge on any atom is 0.310 e. The van der Waals surface area contributed by atoms with Crippen molar-refractivity contribution in [2.45, 2.75) is 31.1 Å². The highest BCUT2D eigenvalue weighted by Gasteiger charge is 2.65. The van der Waals surface area contributed by atoms with Crippen LogP contribution in [0, 0.1) is 11.8 Å². The lowest BCUT2D eigenvalue weighted by molar-refractivity contribution is 0.364. The molecule has 0 saturated carbocycles. The molecule has 130 valence electrons. The summed E-state index contributed by atoms with van der Waals surface area (Å²) in [6.45, 7) is 6.23. The molecular weight excluding hydrogens is 343 g/mol. The Bertz CT molecular complexity index is 799. The van der Waals surface area contributed by atoms with Crippen molar-refractivity contribution in [3.8, 4) is 11.8 Å². The van der Waals surface area contributed by atoms with Gasteiger partial charge in [0.15, 0.2) is 0 Å². The van der Waals surface area contributed by atoms with Crippen LogP contribution in [0.15, 0.2) is 53.4 Å². The third-order valence-electron chi connectivity index (χ3n) is 3.40. The Labute approximate surface area is 138 Å². The lowest BCUT2D eigenvalue weighted by Gasteiger charge is -2.40. The molecule has 0 amide bonds. The van der Waals surface area contributed by atoms with Gasteiger partial charge < -0.3 is 0 Å². The Morgan fingerprint density at radius 1 is 0.667 bits per heavy atom. The van der Waals surface area contributed by atoms with Crippen LogP contribution in [0.1, 0.15) is 37.5 Å². The largest absolute Gasteiger partial charge is 0.310 e. The van der Waals surface area contributed by atoms with E-state index in [2.05, 4.69) is 32.6 Å². The molecule has 24 heavy (non-hydrogen) atoms. The monoisotopic (exact) mass is 360 g/mol. The van der Waals surface area contributed by atoms with Crippen LogP contribution < -0.4 is 0 Å². The van der Waals surface area contributed by atoms with Crippen LogP contribution in [0.4, 0.5) is 19.4 Å². The molecule has 0 aromatic heterocycles. The first kappa shape index (κ1) is 18.3. The van der Waals surface area contributed by atoms with Gasteiger partial charge in [-0.3, -0.25) is 0 Å². The first-order valence-electron chi connectivity index (χ1n) is 7.12. The second-order valence-corrected chi connectivity index (χ2v) is 8.98. The highest BCUT2D eigenvalue weighted by Crippen LogP contribution is 3.02. The highest BCUT2D eigenvalue weighted by molar-refractivity contribution is 8.45. The molecule has 0 bridgehead atoms. The van der Waals surface area contributed by atoms with Gasteiger partial charge in [0.05, 0.1) is 0 Å². The quantitative estimate of drug-likeness (QED) is 0.378. The number of hydrogen-bond donors (Lipinski definition) is 0. The number of rotatable bonds is 1. The van der Waals surface area contributed by atoms with Crippen LogP contribution in [-0.4, -0.2) is 0 Å². The Hall–Kier alpha value is -2.00.